The van der Waals surface area contributed by atoms with E-state index in [-0.39, 0.29) is 23.8 Å². The molecule has 0 atom stereocenters. The van der Waals surface area contributed by atoms with Crippen molar-refractivity contribution >= 4 is 21.8 Å². The molecule has 0 fully saturated rings. The molecule has 0 N–H and O–H groups in total. The molecule has 182 valence electrons. The number of ketones is 1. The molecule has 2 rings (SSSR count). The molecule has 1 aromatic carbocycles. The van der Waals surface area contributed by atoms with Crippen LogP contribution in [0.25, 0.3) is 0 Å². The van der Waals surface area contributed by atoms with E-state index in [1.807, 2.05) is 25.9 Å². The number of benzene rings is 1. The number of carbonyl (C=O) groups excluding carboxylic acids is 2. The molecule has 10 heteroatoms. The molecule has 0 aliphatic carbocycles. The minimum Gasteiger partial charge on any atom is -0.497 e. The minimum absolute atomic E-state index is 0.0738. The molecule has 0 aliphatic heterocycles. The second kappa shape index (κ2) is 11.0. The van der Waals surface area contributed by atoms with Crippen LogP contribution in [0.3, 0.4) is 0 Å². The Labute approximate surface area is 195 Å². The van der Waals surface area contributed by atoms with Crippen molar-refractivity contribution in [2.45, 2.75) is 32.2 Å². The highest BCUT2D eigenvalue weighted by molar-refractivity contribution is 7.89. The van der Waals surface area contributed by atoms with Crippen LogP contribution >= 0.6 is 0 Å². The van der Waals surface area contributed by atoms with Gasteiger partial charge in [0.1, 0.15) is 11.4 Å². The van der Waals surface area contributed by atoms with Crippen molar-refractivity contribution in [1.82, 2.24) is 13.8 Å². The highest BCUT2D eigenvalue weighted by Gasteiger charge is 2.31. The average molecular weight is 480 g/mol. The maximum Gasteiger partial charge on any atom is 0.354 e. The van der Waals surface area contributed by atoms with Crippen LogP contribution in [0.15, 0.2) is 29.2 Å². The summed E-state index contributed by atoms with van der Waals surface area (Å²) in [5, 5.41) is 0. The molecule has 1 heterocycles. The molecule has 0 spiro atoms. The highest BCUT2D eigenvalue weighted by atomic mass is 32.2. The average Bonchev–Trinajstić information content (AvgIpc) is 3.04. The SMILES string of the molecule is CCn1c(C)c(C(=O)CN(CCN(C)C)S(=O)(=O)c2ccc(OC)cc2)c(C)c1C(=O)OC. The summed E-state index contributed by atoms with van der Waals surface area (Å²) in [6.07, 6.45) is 0. The molecule has 0 unspecified atom stereocenters. The molecule has 0 bridgehead atoms. The third-order valence-electron chi connectivity index (χ3n) is 5.55. The lowest BCUT2D eigenvalue weighted by molar-refractivity contribution is 0.0587. The van der Waals surface area contributed by atoms with E-state index < -0.39 is 16.0 Å². The number of sulfonamides is 1. The summed E-state index contributed by atoms with van der Waals surface area (Å²) in [6, 6.07) is 6.05. The first-order valence-electron chi connectivity index (χ1n) is 10.6. The summed E-state index contributed by atoms with van der Waals surface area (Å²) in [5.74, 6) is -0.377. The van der Waals surface area contributed by atoms with Crippen molar-refractivity contribution in [3.63, 3.8) is 0 Å². The molecule has 0 saturated carbocycles. The van der Waals surface area contributed by atoms with Crippen LogP contribution in [0.2, 0.25) is 0 Å². The highest BCUT2D eigenvalue weighted by Crippen LogP contribution is 2.25. The largest absolute Gasteiger partial charge is 0.497 e. The lowest BCUT2D eigenvalue weighted by Crippen LogP contribution is -2.40. The van der Waals surface area contributed by atoms with E-state index in [2.05, 4.69) is 0 Å². The van der Waals surface area contributed by atoms with E-state index in [1.165, 1.54) is 30.7 Å². The van der Waals surface area contributed by atoms with Crippen LogP contribution in [0.1, 0.15) is 39.0 Å². The minimum atomic E-state index is -3.95. The van der Waals surface area contributed by atoms with Crippen LogP contribution in [0.4, 0.5) is 0 Å². The number of aromatic nitrogens is 1. The molecule has 0 amide bonds. The van der Waals surface area contributed by atoms with Crippen LogP contribution in [-0.4, -0.2) is 81.9 Å². The van der Waals surface area contributed by atoms with Crippen LogP contribution in [-0.2, 0) is 21.3 Å². The third kappa shape index (κ3) is 5.63. The Kier molecular flexibility index (Phi) is 8.82. The van der Waals surface area contributed by atoms with Gasteiger partial charge < -0.3 is 18.9 Å². The van der Waals surface area contributed by atoms with Gasteiger partial charge in [0.25, 0.3) is 0 Å². The van der Waals surface area contributed by atoms with Crippen LogP contribution < -0.4 is 4.74 Å². The van der Waals surface area contributed by atoms with Crippen molar-refractivity contribution in [2.75, 3.05) is 47.9 Å². The zero-order chi connectivity index (χ0) is 24.9. The fourth-order valence-corrected chi connectivity index (χ4v) is 5.18. The second-order valence-electron chi connectivity index (χ2n) is 7.91. The van der Waals surface area contributed by atoms with E-state index in [0.29, 0.717) is 41.4 Å². The molecule has 1 aromatic heterocycles. The van der Waals surface area contributed by atoms with Gasteiger partial charge in [0.05, 0.1) is 25.7 Å². The van der Waals surface area contributed by atoms with Crippen molar-refractivity contribution in [3.05, 3.63) is 46.8 Å². The van der Waals surface area contributed by atoms with Gasteiger partial charge in [-0.05, 0) is 64.7 Å². The molecule has 33 heavy (non-hydrogen) atoms. The van der Waals surface area contributed by atoms with Crippen molar-refractivity contribution in [3.8, 4) is 5.75 Å². The lowest BCUT2D eigenvalue weighted by Gasteiger charge is -2.23. The van der Waals surface area contributed by atoms with Gasteiger partial charge in [0, 0.05) is 30.9 Å². The first-order chi connectivity index (χ1) is 15.5. The number of rotatable bonds is 11. The fraction of sp³-hybridized carbons (Fsp3) is 0.478. The lowest BCUT2D eigenvalue weighted by atomic mass is 10.1. The number of esters is 1. The van der Waals surface area contributed by atoms with Gasteiger partial charge in [-0.25, -0.2) is 13.2 Å². The number of likely N-dealkylation sites (N-methyl/N-ethyl adjacent to an activating group) is 1. The Morgan fingerprint density at radius 1 is 1.03 bits per heavy atom. The van der Waals surface area contributed by atoms with E-state index in [0.717, 1.165) is 0 Å². The standard InChI is InChI=1S/C23H33N3O6S/c1-8-26-17(3)21(16(2)22(26)23(28)32-7)20(27)15-25(14-13-24(4)5)33(29,30)19-11-9-18(31-6)10-12-19/h9-12H,8,13-15H2,1-7H3. The predicted octanol–water partition coefficient (Wildman–Crippen LogP) is 2.36. The van der Waals surface area contributed by atoms with Gasteiger partial charge in [0.2, 0.25) is 10.0 Å². The van der Waals surface area contributed by atoms with Crippen LogP contribution in [0, 0.1) is 13.8 Å². The maximum absolute atomic E-state index is 13.4. The Balaban J connectivity index is 2.48. The summed E-state index contributed by atoms with van der Waals surface area (Å²) >= 11 is 0. The Bertz CT molecular complexity index is 1100. The number of Topliss-reactive ketones (excluding diaryl/α,β-unsaturated/α-hetero) is 1. The molecule has 0 radical (unpaired) electrons. The van der Waals surface area contributed by atoms with Crippen molar-refractivity contribution in [2.24, 2.45) is 0 Å². The van der Waals surface area contributed by atoms with E-state index in [1.54, 1.807) is 30.5 Å². The van der Waals surface area contributed by atoms with Gasteiger partial charge in [0.15, 0.2) is 5.78 Å². The quantitative estimate of drug-likeness (QED) is 0.360. The fourth-order valence-electron chi connectivity index (χ4n) is 3.79. The number of ether oxygens (including phenoxy) is 2. The third-order valence-corrected chi connectivity index (χ3v) is 7.41. The summed E-state index contributed by atoms with van der Waals surface area (Å²) in [5.41, 5.74) is 1.74. The van der Waals surface area contributed by atoms with Gasteiger partial charge in [-0.1, -0.05) is 0 Å². The van der Waals surface area contributed by atoms with Gasteiger partial charge in [-0.2, -0.15) is 4.31 Å². The van der Waals surface area contributed by atoms with E-state index >= 15 is 0 Å². The zero-order valence-electron chi connectivity index (χ0n) is 20.3. The zero-order valence-corrected chi connectivity index (χ0v) is 21.2. The molecular formula is C23H33N3O6S. The van der Waals surface area contributed by atoms with Gasteiger partial charge >= 0.3 is 5.97 Å². The molecule has 0 aliphatic rings. The van der Waals surface area contributed by atoms with Crippen molar-refractivity contribution in [1.29, 1.82) is 0 Å². The Morgan fingerprint density at radius 3 is 2.12 bits per heavy atom. The monoisotopic (exact) mass is 479 g/mol. The molecule has 2 aromatic rings. The number of hydrogen-bond acceptors (Lipinski definition) is 7. The topological polar surface area (TPSA) is 98.2 Å². The first-order valence-corrected chi connectivity index (χ1v) is 12.0. The summed E-state index contributed by atoms with van der Waals surface area (Å²) in [7, 11) is 2.50. The molecule has 0 saturated heterocycles. The summed E-state index contributed by atoms with van der Waals surface area (Å²) in [6.45, 7) is 5.98. The Hall–Kier alpha value is -2.69. The number of methoxy groups -OCH3 is 2. The smallest absolute Gasteiger partial charge is 0.354 e. The van der Waals surface area contributed by atoms with Gasteiger partial charge in [-0.3, -0.25) is 4.79 Å². The Morgan fingerprint density at radius 2 is 1.64 bits per heavy atom. The second-order valence-corrected chi connectivity index (χ2v) is 9.85. The number of hydrogen-bond donors (Lipinski definition) is 0. The normalized spacial score (nSPS) is 11.8. The van der Waals surface area contributed by atoms with Crippen molar-refractivity contribution < 1.29 is 27.5 Å². The predicted molar refractivity (Wildman–Crippen MR) is 126 cm³/mol. The first kappa shape index (κ1) is 26.6. The number of nitrogens with zero attached hydrogens (tertiary/aromatic N) is 3. The molecular weight excluding hydrogens is 446 g/mol. The molecule has 9 nitrogen and oxygen atoms in total. The maximum atomic E-state index is 13.4. The van der Waals surface area contributed by atoms with E-state index in [9.17, 15) is 18.0 Å². The summed E-state index contributed by atoms with van der Waals surface area (Å²) < 4.78 is 39.7. The summed E-state index contributed by atoms with van der Waals surface area (Å²) in [4.78, 5) is 27.7. The van der Waals surface area contributed by atoms with Crippen LogP contribution in [0.5, 0.6) is 5.75 Å². The van der Waals surface area contributed by atoms with Gasteiger partial charge in [-0.15, -0.1) is 0 Å². The van der Waals surface area contributed by atoms with E-state index in [4.69, 9.17) is 9.47 Å². The number of carbonyl (C=O) groups is 2.